The molecule has 2 heterocycles. The highest BCUT2D eigenvalue weighted by atomic mass is 16.5. The zero-order chi connectivity index (χ0) is 13.6. The Kier molecular flexibility index (Phi) is 2.71. The summed E-state index contributed by atoms with van der Waals surface area (Å²) in [5.41, 5.74) is 2.42. The molecule has 0 bridgehead atoms. The Balaban J connectivity index is 2.37. The van der Waals surface area contributed by atoms with Crippen LogP contribution in [0.5, 0.6) is 11.5 Å². The summed E-state index contributed by atoms with van der Waals surface area (Å²) in [7, 11) is 3.53. The Morgan fingerprint density at radius 3 is 2.84 bits per heavy atom. The summed E-state index contributed by atoms with van der Waals surface area (Å²) in [5, 5.41) is 10.9. The van der Waals surface area contributed by atoms with Crippen molar-refractivity contribution in [2.24, 2.45) is 0 Å². The zero-order valence-corrected chi connectivity index (χ0v) is 11.0. The van der Waals surface area contributed by atoms with Crippen LogP contribution < -0.4 is 4.74 Å². The molecule has 19 heavy (non-hydrogen) atoms. The molecular formula is C14H16N2O3. The smallest absolute Gasteiger partial charge is 0.167 e. The fraction of sp³-hybridized carbons (Fsp3) is 0.357. The number of nitrogens with zero attached hydrogens (tertiary/aromatic N) is 2. The van der Waals surface area contributed by atoms with Crippen LogP contribution in [0.15, 0.2) is 12.1 Å². The number of aromatic nitrogens is 1. The lowest BCUT2D eigenvalue weighted by molar-refractivity contribution is 0.112. The summed E-state index contributed by atoms with van der Waals surface area (Å²) in [5.74, 6) is 0.443. The van der Waals surface area contributed by atoms with E-state index in [1.54, 1.807) is 6.07 Å². The second kappa shape index (κ2) is 4.28. The van der Waals surface area contributed by atoms with Crippen molar-refractivity contribution in [2.75, 3.05) is 20.7 Å². The first-order chi connectivity index (χ1) is 9.17. The highest BCUT2D eigenvalue weighted by molar-refractivity contribution is 6.04. The summed E-state index contributed by atoms with van der Waals surface area (Å²) in [6.07, 6.45) is 0.826. The van der Waals surface area contributed by atoms with Gasteiger partial charge in [0.1, 0.15) is 0 Å². The Morgan fingerprint density at radius 2 is 2.16 bits per heavy atom. The number of benzene rings is 1. The first kappa shape index (κ1) is 12.0. The molecule has 5 nitrogen and oxygen atoms in total. The third-order valence-corrected chi connectivity index (χ3v) is 3.78. The molecule has 1 aliphatic rings. The molecule has 0 saturated carbocycles. The number of ether oxygens (including phenoxy) is 1. The molecule has 0 amide bonds. The second-order valence-corrected chi connectivity index (χ2v) is 4.88. The number of likely N-dealkylation sites (N-methyl/N-ethyl adjacent to an activating group) is 1. The van der Waals surface area contributed by atoms with E-state index in [1.807, 2.05) is 13.1 Å². The molecule has 5 heteroatoms. The van der Waals surface area contributed by atoms with Gasteiger partial charge in [-0.1, -0.05) is 0 Å². The van der Waals surface area contributed by atoms with E-state index >= 15 is 0 Å². The van der Waals surface area contributed by atoms with E-state index in [-0.39, 0.29) is 5.75 Å². The monoisotopic (exact) mass is 260 g/mol. The number of hydrogen-bond donors (Lipinski definition) is 1. The number of hydrogen-bond acceptors (Lipinski definition) is 4. The van der Waals surface area contributed by atoms with Crippen molar-refractivity contribution in [3.63, 3.8) is 0 Å². The van der Waals surface area contributed by atoms with E-state index in [9.17, 15) is 9.90 Å². The maximum atomic E-state index is 11.4. The zero-order valence-electron chi connectivity index (χ0n) is 11.0. The molecule has 2 aromatic rings. The first-order valence-electron chi connectivity index (χ1n) is 6.22. The highest BCUT2D eigenvalue weighted by Crippen LogP contribution is 2.39. The van der Waals surface area contributed by atoms with Crippen molar-refractivity contribution in [3.8, 4) is 11.5 Å². The van der Waals surface area contributed by atoms with Gasteiger partial charge in [-0.2, -0.15) is 0 Å². The minimum atomic E-state index is 0.0478. The van der Waals surface area contributed by atoms with Gasteiger partial charge < -0.3 is 14.4 Å². The van der Waals surface area contributed by atoms with Gasteiger partial charge in [0, 0.05) is 30.9 Å². The van der Waals surface area contributed by atoms with Crippen LogP contribution in [0, 0.1) is 0 Å². The number of phenols is 1. The van der Waals surface area contributed by atoms with Crippen LogP contribution in [0.4, 0.5) is 0 Å². The molecule has 1 aliphatic heterocycles. The molecule has 0 spiro atoms. The van der Waals surface area contributed by atoms with Crippen molar-refractivity contribution >= 4 is 17.2 Å². The van der Waals surface area contributed by atoms with Crippen LogP contribution in [-0.4, -0.2) is 41.6 Å². The average molecular weight is 260 g/mol. The number of carbonyl (C=O) groups is 1. The van der Waals surface area contributed by atoms with E-state index < -0.39 is 0 Å². The lowest BCUT2D eigenvalue weighted by atomic mass is 10.1. The van der Waals surface area contributed by atoms with Gasteiger partial charge >= 0.3 is 0 Å². The number of methoxy groups -OCH3 is 1. The minimum Gasteiger partial charge on any atom is -0.504 e. The van der Waals surface area contributed by atoms with Gasteiger partial charge in [0.05, 0.1) is 18.0 Å². The highest BCUT2D eigenvalue weighted by Gasteiger charge is 2.24. The molecule has 0 unspecified atom stereocenters. The average Bonchev–Trinajstić information content (AvgIpc) is 2.73. The van der Waals surface area contributed by atoms with Crippen molar-refractivity contribution in [2.45, 2.75) is 13.1 Å². The summed E-state index contributed by atoms with van der Waals surface area (Å²) in [6, 6.07) is 3.63. The molecule has 0 atom stereocenters. The third-order valence-electron chi connectivity index (χ3n) is 3.78. The Labute approximate surface area is 111 Å². The van der Waals surface area contributed by atoms with Crippen LogP contribution in [-0.2, 0) is 13.1 Å². The Morgan fingerprint density at radius 1 is 1.37 bits per heavy atom. The number of fused-ring (bicyclic) bond motifs is 3. The fourth-order valence-electron chi connectivity index (χ4n) is 2.81. The van der Waals surface area contributed by atoms with Crippen LogP contribution in [0.25, 0.3) is 10.9 Å². The first-order valence-corrected chi connectivity index (χ1v) is 6.22. The van der Waals surface area contributed by atoms with Crippen LogP contribution >= 0.6 is 0 Å². The second-order valence-electron chi connectivity index (χ2n) is 4.88. The van der Waals surface area contributed by atoms with Crippen molar-refractivity contribution < 1.29 is 14.6 Å². The molecular weight excluding hydrogens is 244 g/mol. The summed E-state index contributed by atoms with van der Waals surface area (Å²) in [6.45, 7) is 2.47. The van der Waals surface area contributed by atoms with Crippen LogP contribution in [0.3, 0.4) is 0 Å². The molecule has 1 aromatic heterocycles. The van der Waals surface area contributed by atoms with Gasteiger partial charge in [0.15, 0.2) is 17.8 Å². The van der Waals surface area contributed by atoms with Gasteiger partial charge in [-0.25, -0.2) is 0 Å². The number of aldehydes is 1. The quantitative estimate of drug-likeness (QED) is 0.834. The molecule has 1 aromatic carbocycles. The summed E-state index contributed by atoms with van der Waals surface area (Å²) in [4.78, 5) is 13.6. The molecule has 0 saturated heterocycles. The lowest BCUT2D eigenvalue weighted by Crippen LogP contribution is -2.30. The predicted octanol–water partition coefficient (Wildman–Crippen LogP) is 1.61. The third kappa shape index (κ3) is 1.62. The molecule has 0 radical (unpaired) electrons. The standard InChI is InChI=1S/C14H16N2O3/c1-15-5-6-16-10-3-4-12(19-2)14(18)13(10)9(8-17)11(16)7-15/h3-4,8,18H,5-7H2,1-2H3. The molecule has 1 N–H and O–H groups in total. The molecule has 0 fully saturated rings. The molecule has 3 rings (SSSR count). The number of aromatic hydroxyl groups is 1. The van der Waals surface area contributed by atoms with Crippen molar-refractivity contribution in [1.29, 1.82) is 0 Å². The SMILES string of the molecule is COc1ccc2c(c1O)c(C=O)c1n2CCN(C)C1. The van der Waals surface area contributed by atoms with Crippen molar-refractivity contribution in [1.82, 2.24) is 9.47 Å². The van der Waals surface area contributed by atoms with Gasteiger partial charge in [0.25, 0.3) is 0 Å². The minimum absolute atomic E-state index is 0.0478. The lowest BCUT2D eigenvalue weighted by Gasteiger charge is -2.25. The Bertz CT molecular complexity index is 660. The Hall–Kier alpha value is -2.01. The summed E-state index contributed by atoms with van der Waals surface area (Å²) < 4.78 is 7.23. The predicted molar refractivity (Wildman–Crippen MR) is 71.9 cm³/mol. The van der Waals surface area contributed by atoms with E-state index in [0.29, 0.717) is 23.2 Å². The van der Waals surface area contributed by atoms with Crippen LogP contribution in [0.2, 0.25) is 0 Å². The fourth-order valence-corrected chi connectivity index (χ4v) is 2.81. The van der Waals surface area contributed by atoms with E-state index in [2.05, 4.69) is 9.47 Å². The number of phenolic OH excluding ortho intramolecular Hbond substituents is 1. The molecule has 0 aliphatic carbocycles. The van der Waals surface area contributed by atoms with Gasteiger partial charge in [-0.05, 0) is 19.2 Å². The largest absolute Gasteiger partial charge is 0.504 e. The van der Waals surface area contributed by atoms with Gasteiger partial charge in [-0.15, -0.1) is 0 Å². The maximum absolute atomic E-state index is 11.4. The number of rotatable bonds is 2. The number of carbonyl (C=O) groups excluding carboxylic acids is 1. The van der Waals surface area contributed by atoms with Gasteiger partial charge in [-0.3, -0.25) is 9.69 Å². The summed E-state index contributed by atoms with van der Waals surface area (Å²) >= 11 is 0. The van der Waals surface area contributed by atoms with E-state index in [0.717, 1.165) is 30.6 Å². The van der Waals surface area contributed by atoms with Gasteiger partial charge in [0.2, 0.25) is 0 Å². The van der Waals surface area contributed by atoms with Crippen molar-refractivity contribution in [3.05, 3.63) is 23.4 Å². The van der Waals surface area contributed by atoms with Crippen LogP contribution in [0.1, 0.15) is 16.1 Å². The topological polar surface area (TPSA) is 54.7 Å². The normalized spacial score (nSPS) is 15.5. The van der Waals surface area contributed by atoms with E-state index in [1.165, 1.54) is 7.11 Å². The molecule has 100 valence electrons. The maximum Gasteiger partial charge on any atom is 0.167 e. The van der Waals surface area contributed by atoms with E-state index in [4.69, 9.17) is 4.74 Å².